The van der Waals surface area contributed by atoms with Gasteiger partial charge in [-0.05, 0) is 23.6 Å². The van der Waals surface area contributed by atoms with E-state index in [1.54, 1.807) is 6.92 Å². The van der Waals surface area contributed by atoms with Gasteiger partial charge in [-0.2, -0.15) is 0 Å². The molecular weight excluding hydrogens is 324 g/mol. The van der Waals surface area contributed by atoms with Gasteiger partial charge in [-0.15, -0.1) is 0 Å². The monoisotopic (exact) mass is 348 g/mol. The fraction of sp³-hybridized carbons (Fsp3) is 0.174. The average molecular weight is 348 g/mol. The Morgan fingerprint density at radius 2 is 1.08 bits per heavy atom. The molecule has 3 aromatic rings. The highest BCUT2D eigenvalue weighted by Gasteiger charge is 2.33. The molecule has 0 saturated carbocycles. The summed E-state index contributed by atoms with van der Waals surface area (Å²) >= 11 is 0. The molecule has 0 spiro atoms. The summed E-state index contributed by atoms with van der Waals surface area (Å²) < 4.78 is 4.40. The molecule has 0 fully saturated rings. The molecule has 0 heterocycles. The number of aliphatic hydroxyl groups is 1. The van der Waals surface area contributed by atoms with E-state index >= 15 is 0 Å². The quantitative estimate of drug-likeness (QED) is 0.556. The number of rotatable bonds is 4. The lowest BCUT2D eigenvalue weighted by Gasteiger charge is -2.30. The highest BCUT2D eigenvalue weighted by molar-refractivity contribution is 5.65. The van der Waals surface area contributed by atoms with Crippen molar-refractivity contribution in [1.82, 2.24) is 0 Å². The number of benzene rings is 3. The molecule has 0 aliphatic carbocycles. The third kappa shape index (κ3) is 4.80. The molecular formula is C23H24O3. The van der Waals surface area contributed by atoms with E-state index in [9.17, 15) is 9.90 Å². The Kier molecular flexibility index (Phi) is 7.12. The van der Waals surface area contributed by atoms with Crippen LogP contribution in [0, 0.1) is 0 Å². The first-order chi connectivity index (χ1) is 12.6. The highest BCUT2D eigenvalue weighted by atomic mass is 16.5. The molecule has 26 heavy (non-hydrogen) atoms. The minimum absolute atomic E-state index is 0.211. The van der Waals surface area contributed by atoms with Gasteiger partial charge in [0.15, 0.2) is 0 Å². The first kappa shape index (κ1) is 19.4. The Morgan fingerprint density at radius 1 is 0.769 bits per heavy atom. The summed E-state index contributed by atoms with van der Waals surface area (Å²) in [5.74, 6) is -0.211. The predicted octanol–water partition coefficient (Wildman–Crippen LogP) is 4.54. The summed E-state index contributed by atoms with van der Waals surface area (Å²) in [6, 6.07) is 29.3. The maximum atomic E-state index is 11.4. The van der Waals surface area contributed by atoms with Crippen molar-refractivity contribution in [3.05, 3.63) is 108 Å². The molecule has 1 N–H and O–H groups in total. The molecule has 0 saturated heterocycles. The van der Waals surface area contributed by atoms with Gasteiger partial charge in [0.1, 0.15) is 5.60 Å². The lowest BCUT2D eigenvalue weighted by atomic mass is 9.80. The molecule has 0 bridgehead atoms. The number of ether oxygens (including phenoxy) is 1. The molecule has 0 atom stereocenters. The van der Waals surface area contributed by atoms with E-state index in [0.717, 1.165) is 16.7 Å². The van der Waals surface area contributed by atoms with Crippen molar-refractivity contribution < 1.29 is 14.6 Å². The zero-order valence-electron chi connectivity index (χ0n) is 15.1. The van der Waals surface area contributed by atoms with Crippen LogP contribution in [-0.2, 0) is 15.1 Å². The Hall–Kier alpha value is -2.91. The van der Waals surface area contributed by atoms with Gasteiger partial charge in [-0.3, -0.25) is 4.79 Å². The molecule has 3 aromatic carbocycles. The van der Waals surface area contributed by atoms with E-state index < -0.39 is 5.60 Å². The summed E-state index contributed by atoms with van der Waals surface area (Å²) in [6.45, 7) is 3.65. The lowest BCUT2D eigenvalue weighted by Crippen LogP contribution is -2.28. The van der Waals surface area contributed by atoms with E-state index in [-0.39, 0.29) is 5.97 Å². The number of carbonyl (C=O) groups is 1. The maximum absolute atomic E-state index is 11.4. The van der Waals surface area contributed by atoms with Gasteiger partial charge >= 0.3 is 5.97 Å². The molecule has 0 aliphatic heterocycles. The molecule has 0 aromatic heterocycles. The fourth-order valence-corrected chi connectivity index (χ4v) is 2.74. The van der Waals surface area contributed by atoms with Crippen LogP contribution < -0.4 is 0 Å². The van der Waals surface area contributed by atoms with Crippen molar-refractivity contribution in [2.24, 2.45) is 0 Å². The average Bonchev–Trinajstić information content (AvgIpc) is 2.70. The van der Waals surface area contributed by atoms with Gasteiger partial charge in [-0.1, -0.05) is 91.0 Å². The van der Waals surface area contributed by atoms with E-state index in [0.29, 0.717) is 6.61 Å². The topological polar surface area (TPSA) is 46.5 Å². The molecule has 0 unspecified atom stereocenters. The summed E-state index contributed by atoms with van der Waals surface area (Å²) in [6.07, 6.45) is 0. The first-order valence-electron chi connectivity index (χ1n) is 8.61. The normalized spacial score (nSPS) is 10.4. The van der Waals surface area contributed by atoms with Crippen LogP contribution >= 0.6 is 0 Å². The maximum Gasteiger partial charge on any atom is 0.302 e. The second-order valence-corrected chi connectivity index (χ2v) is 5.73. The molecule has 0 radical (unpaired) electrons. The van der Waals surface area contributed by atoms with Crippen molar-refractivity contribution in [2.45, 2.75) is 19.4 Å². The minimum atomic E-state index is -1.12. The van der Waals surface area contributed by atoms with Gasteiger partial charge in [0.2, 0.25) is 0 Å². The number of hydrogen-bond donors (Lipinski definition) is 1. The summed E-state index contributed by atoms with van der Waals surface area (Å²) in [7, 11) is 0. The summed E-state index contributed by atoms with van der Waals surface area (Å²) in [5.41, 5.74) is 1.50. The molecule has 0 amide bonds. The van der Waals surface area contributed by atoms with Crippen LogP contribution in [0.15, 0.2) is 91.0 Å². The van der Waals surface area contributed by atoms with E-state index in [1.165, 1.54) is 6.92 Å². The van der Waals surface area contributed by atoms with Crippen LogP contribution in [0.2, 0.25) is 0 Å². The standard InChI is InChI=1S/C19H16O.C4H8O2/c20-19(16-10-4-1-5-11-16,17-12-6-2-7-13-17)18-14-8-3-9-15-18;1-3-6-4(2)5/h1-15,20H;3H2,1-2H3. The molecule has 0 aliphatic rings. The SMILES string of the molecule is CCOC(C)=O.OC(c1ccccc1)(c1ccccc1)c1ccccc1. The minimum Gasteiger partial charge on any atom is -0.466 e. The Morgan fingerprint density at radius 3 is 1.27 bits per heavy atom. The molecule has 134 valence electrons. The number of esters is 1. The Bertz CT molecular complexity index is 687. The van der Waals surface area contributed by atoms with E-state index in [1.807, 2.05) is 91.0 Å². The zero-order chi connectivity index (χ0) is 18.8. The smallest absolute Gasteiger partial charge is 0.302 e. The van der Waals surface area contributed by atoms with E-state index in [2.05, 4.69) is 4.74 Å². The van der Waals surface area contributed by atoms with Gasteiger partial charge in [0, 0.05) is 6.92 Å². The highest BCUT2D eigenvalue weighted by Crippen LogP contribution is 2.36. The van der Waals surface area contributed by atoms with Crippen LogP contribution in [-0.4, -0.2) is 17.7 Å². The summed E-state index contributed by atoms with van der Waals surface area (Å²) in [5, 5.41) is 11.4. The van der Waals surface area contributed by atoms with Crippen molar-refractivity contribution in [3.8, 4) is 0 Å². The van der Waals surface area contributed by atoms with Gasteiger partial charge < -0.3 is 9.84 Å². The molecule has 3 rings (SSSR count). The third-order valence-electron chi connectivity index (χ3n) is 3.92. The molecule has 3 nitrogen and oxygen atoms in total. The predicted molar refractivity (Wildman–Crippen MR) is 104 cm³/mol. The van der Waals surface area contributed by atoms with E-state index in [4.69, 9.17) is 0 Å². The van der Waals surface area contributed by atoms with Crippen LogP contribution in [0.4, 0.5) is 0 Å². The van der Waals surface area contributed by atoms with Gasteiger partial charge in [-0.25, -0.2) is 0 Å². The fourth-order valence-electron chi connectivity index (χ4n) is 2.74. The Labute approximate surface area is 154 Å². The molecule has 3 heteroatoms. The van der Waals surface area contributed by atoms with Crippen LogP contribution in [0.3, 0.4) is 0 Å². The number of carbonyl (C=O) groups excluding carboxylic acids is 1. The van der Waals surface area contributed by atoms with Crippen LogP contribution in [0.25, 0.3) is 0 Å². The summed E-state index contributed by atoms with van der Waals surface area (Å²) in [4.78, 5) is 9.82. The largest absolute Gasteiger partial charge is 0.466 e. The number of hydrogen-bond acceptors (Lipinski definition) is 3. The first-order valence-corrected chi connectivity index (χ1v) is 8.61. The zero-order valence-corrected chi connectivity index (χ0v) is 15.1. The van der Waals surface area contributed by atoms with Crippen molar-refractivity contribution >= 4 is 5.97 Å². The van der Waals surface area contributed by atoms with Gasteiger partial charge in [0.25, 0.3) is 0 Å². The van der Waals surface area contributed by atoms with Crippen molar-refractivity contribution in [1.29, 1.82) is 0 Å². The van der Waals surface area contributed by atoms with Crippen molar-refractivity contribution in [2.75, 3.05) is 6.61 Å². The van der Waals surface area contributed by atoms with Gasteiger partial charge in [0.05, 0.1) is 6.61 Å². The van der Waals surface area contributed by atoms with Crippen molar-refractivity contribution in [3.63, 3.8) is 0 Å². The lowest BCUT2D eigenvalue weighted by molar-refractivity contribution is -0.140. The van der Waals surface area contributed by atoms with Crippen LogP contribution in [0.5, 0.6) is 0 Å². The second kappa shape index (κ2) is 9.54. The van der Waals surface area contributed by atoms with Crippen LogP contribution in [0.1, 0.15) is 30.5 Å². The Balaban J connectivity index is 0.000000352. The second-order valence-electron chi connectivity index (χ2n) is 5.73. The third-order valence-corrected chi connectivity index (χ3v) is 3.92.